The van der Waals surface area contributed by atoms with Gasteiger partial charge in [0.05, 0.1) is 12.1 Å². The summed E-state index contributed by atoms with van der Waals surface area (Å²) in [6.45, 7) is 1.60. The molecule has 0 saturated heterocycles. The average Bonchev–Trinajstić information content (AvgIpc) is 3.05. The lowest BCUT2D eigenvalue weighted by molar-refractivity contribution is -0.114. The predicted molar refractivity (Wildman–Crippen MR) is 115 cm³/mol. The Hall–Kier alpha value is -4.20. The molecule has 0 fully saturated rings. The van der Waals surface area contributed by atoms with E-state index in [-0.39, 0.29) is 24.2 Å². The van der Waals surface area contributed by atoms with Gasteiger partial charge in [-0.1, -0.05) is 12.1 Å². The lowest BCUT2D eigenvalue weighted by Gasteiger charge is -2.08. The number of carbonyl (C=O) groups excluding carboxylic acids is 2. The highest BCUT2D eigenvalue weighted by atomic mass is 19.1. The van der Waals surface area contributed by atoms with Crippen LogP contribution in [0.25, 0.3) is 11.1 Å². The highest BCUT2D eigenvalue weighted by Crippen LogP contribution is 2.19. The van der Waals surface area contributed by atoms with Crippen LogP contribution < -0.4 is 16.4 Å². The second-order valence-electron chi connectivity index (χ2n) is 6.98. The standard InChI is InChI=1S/C23H18FN3O4/c1-14(28)25-18-7-9-19(10-8-18)26-22(29)16-4-11-21-20(12-16)27(23(30)31-21)13-15-2-5-17(24)6-3-15/h2-12H,13H2,1H3,(H,25,28)(H,26,29). The Kier molecular flexibility index (Phi) is 5.36. The number of benzene rings is 3. The van der Waals surface area contributed by atoms with E-state index < -0.39 is 5.76 Å². The minimum atomic E-state index is -0.564. The highest BCUT2D eigenvalue weighted by Gasteiger charge is 2.14. The van der Waals surface area contributed by atoms with Gasteiger partial charge in [0, 0.05) is 23.9 Å². The molecule has 8 heteroatoms. The second-order valence-corrected chi connectivity index (χ2v) is 6.98. The summed E-state index contributed by atoms with van der Waals surface area (Å²) in [5.74, 6) is -1.48. The molecule has 1 heterocycles. The van der Waals surface area contributed by atoms with Crippen molar-refractivity contribution in [2.24, 2.45) is 0 Å². The van der Waals surface area contributed by atoms with Crippen molar-refractivity contribution in [1.29, 1.82) is 0 Å². The second kappa shape index (κ2) is 8.27. The Morgan fingerprint density at radius 2 is 1.58 bits per heavy atom. The lowest BCUT2D eigenvalue weighted by atomic mass is 10.1. The van der Waals surface area contributed by atoms with E-state index in [1.165, 1.54) is 23.6 Å². The fourth-order valence-electron chi connectivity index (χ4n) is 3.17. The van der Waals surface area contributed by atoms with Crippen LogP contribution in [0.15, 0.2) is 75.9 Å². The largest absolute Gasteiger partial charge is 0.420 e. The molecular formula is C23H18FN3O4. The summed E-state index contributed by atoms with van der Waals surface area (Å²) in [5.41, 5.74) is 3.05. The normalized spacial score (nSPS) is 10.8. The van der Waals surface area contributed by atoms with E-state index >= 15 is 0 Å². The number of aromatic nitrogens is 1. The smallest absolute Gasteiger partial charge is 0.408 e. The number of fused-ring (bicyclic) bond motifs is 1. The molecule has 0 spiro atoms. The van der Waals surface area contributed by atoms with Crippen molar-refractivity contribution in [2.45, 2.75) is 13.5 Å². The molecule has 2 N–H and O–H groups in total. The first kappa shape index (κ1) is 20.1. The number of nitrogens with one attached hydrogen (secondary N) is 2. The molecule has 1 aromatic heterocycles. The zero-order valence-electron chi connectivity index (χ0n) is 16.5. The number of anilines is 2. The molecule has 0 saturated carbocycles. The number of rotatable bonds is 5. The van der Waals surface area contributed by atoms with Crippen molar-refractivity contribution in [1.82, 2.24) is 4.57 Å². The Morgan fingerprint density at radius 3 is 2.23 bits per heavy atom. The quantitative estimate of drug-likeness (QED) is 0.512. The first-order valence-corrected chi connectivity index (χ1v) is 9.46. The van der Waals surface area contributed by atoms with Crippen molar-refractivity contribution in [3.05, 3.63) is 94.2 Å². The number of hydrogen-bond donors (Lipinski definition) is 2. The topological polar surface area (TPSA) is 93.3 Å². The average molecular weight is 419 g/mol. The van der Waals surface area contributed by atoms with Gasteiger partial charge >= 0.3 is 5.76 Å². The molecule has 156 valence electrons. The minimum absolute atomic E-state index is 0.182. The molecule has 4 aromatic rings. The molecule has 31 heavy (non-hydrogen) atoms. The van der Waals surface area contributed by atoms with Gasteiger partial charge in [0.1, 0.15) is 5.82 Å². The molecule has 7 nitrogen and oxygen atoms in total. The van der Waals surface area contributed by atoms with Crippen LogP contribution in [-0.4, -0.2) is 16.4 Å². The number of amides is 2. The van der Waals surface area contributed by atoms with E-state index in [2.05, 4.69) is 10.6 Å². The van der Waals surface area contributed by atoms with Gasteiger partial charge in [0.15, 0.2) is 5.58 Å². The molecule has 2 amide bonds. The lowest BCUT2D eigenvalue weighted by Crippen LogP contribution is -2.15. The third-order valence-electron chi connectivity index (χ3n) is 4.65. The van der Waals surface area contributed by atoms with Crippen LogP contribution in [0.3, 0.4) is 0 Å². The Balaban J connectivity index is 1.58. The van der Waals surface area contributed by atoms with Gasteiger partial charge in [0.25, 0.3) is 5.91 Å². The van der Waals surface area contributed by atoms with Gasteiger partial charge < -0.3 is 15.1 Å². The Bertz CT molecular complexity index is 1320. The van der Waals surface area contributed by atoms with E-state index in [0.717, 1.165) is 5.56 Å². The van der Waals surface area contributed by atoms with Crippen LogP contribution in [0, 0.1) is 5.82 Å². The van der Waals surface area contributed by atoms with Crippen molar-refractivity contribution in [3.63, 3.8) is 0 Å². The van der Waals surface area contributed by atoms with Crippen LogP contribution in [0.5, 0.6) is 0 Å². The summed E-state index contributed by atoms with van der Waals surface area (Å²) in [6.07, 6.45) is 0. The minimum Gasteiger partial charge on any atom is -0.408 e. The predicted octanol–water partition coefficient (Wildman–Crippen LogP) is 3.99. The van der Waals surface area contributed by atoms with Crippen LogP contribution in [0.1, 0.15) is 22.8 Å². The van der Waals surface area contributed by atoms with Crippen molar-refractivity contribution < 1.29 is 18.4 Å². The summed E-state index contributed by atoms with van der Waals surface area (Å²) < 4.78 is 19.8. The van der Waals surface area contributed by atoms with Gasteiger partial charge in [-0.05, 0) is 60.2 Å². The first-order chi connectivity index (χ1) is 14.9. The molecule has 0 bridgehead atoms. The third kappa shape index (κ3) is 4.53. The number of halogens is 1. The van der Waals surface area contributed by atoms with Crippen molar-refractivity contribution in [2.75, 3.05) is 10.6 Å². The van der Waals surface area contributed by atoms with Gasteiger partial charge in [-0.2, -0.15) is 0 Å². The molecule has 3 aromatic carbocycles. The monoisotopic (exact) mass is 419 g/mol. The zero-order valence-corrected chi connectivity index (χ0v) is 16.5. The molecule has 0 aliphatic heterocycles. The van der Waals surface area contributed by atoms with E-state index in [1.54, 1.807) is 54.6 Å². The number of oxazole rings is 1. The van der Waals surface area contributed by atoms with E-state index in [1.807, 2.05) is 0 Å². The molecule has 0 aliphatic carbocycles. The van der Waals surface area contributed by atoms with Crippen LogP contribution in [-0.2, 0) is 11.3 Å². The summed E-state index contributed by atoms with van der Waals surface area (Å²) in [5, 5.41) is 5.43. The fraction of sp³-hybridized carbons (Fsp3) is 0.0870. The van der Waals surface area contributed by atoms with Crippen LogP contribution >= 0.6 is 0 Å². The summed E-state index contributed by atoms with van der Waals surface area (Å²) in [7, 11) is 0. The molecule has 4 rings (SSSR count). The maximum absolute atomic E-state index is 13.1. The van der Waals surface area contributed by atoms with Crippen LogP contribution in [0.4, 0.5) is 15.8 Å². The third-order valence-corrected chi connectivity index (χ3v) is 4.65. The maximum atomic E-state index is 13.1. The van der Waals surface area contributed by atoms with Gasteiger partial charge in [-0.3, -0.25) is 14.2 Å². The molecule has 0 radical (unpaired) electrons. The van der Waals surface area contributed by atoms with Gasteiger partial charge in [-0.25, -0.2) is 9.18 Å². The fourth-order valence-corrected chi connectivity index (χ4v) is 3.17. The van der Waals surface area contributed by atoms with E-state index in [0.29, 0.717) is 28.0 Å². The number of hydrogen-bond acceptors (Lipinski definition) is 4. The van der Waals surface area contributed by atoms with Gasteiger partial charge in [0.2, 0.25) is 5.91 Å². The number of carbonyl (C=O) groups is 2. The van der Waals surface area contributed by atoms with E-state index in [9.17, 15) is 18.8 Å². The molecule has 0 atom stereocenters. The number of nitrogens with zero attached hydrogens (tertiary/aromatic N) is 1. The SMILES string of the molecule is CC(=O)Nc1ccc(NC(=O)c2ccc3oc(=O)n(Cc4ccc(F)cc4)c3c2)cc1. The molecule has 0 aliphatic rings. The van der Waals surface area contributed by atoms with Gasteiger partial charge in [-0.15, -0.1) is 0 Å². The van der Waals surface area contributed by atoms with Crippen LogP contribution in [0.2, 0.25) is 0 Å². The maximum Gasteiger partial charge on any atom is 0.420 e. The summed E-state index contributed by atoms with van der Waals surface area (Å²) >= 11 is 0. The van der Waals surface area contributed by atoms with E-state index in [4.69, 9.17) is 4.42 Å². The first-order valence-electron chi connectivity index (χ1n) is 9.46. The zero-order chi connectivity index (χ0) is 22.0. The summed E-state index contributed by atoms with van der Waals surface area (Å²) in [6, 6.07) is 17.2. The van der Waals surface area contributed by atoms with Crippen molar-refractivity contribution >= 4 is 34.3 Å². The Labute approximate surface area is 176 Å². The van der Waals surface area contributed by atoms with Crippen molar-refractivity contribution in [3.8, 4) is 0 Å². The Morgan fingerprint density at radius 1 is 0.935 bits per heavy atom. The molecular weight excluding hydrogens is 401 g/mol. The summed E-state index contributed by atoms with van der Waals surface area (Å²) in [4.78, 5) is 36.1. The highest BCUT2D eigenvalue weighted by molar-refractivity contribution is 6.06. The molecule has 0 unspecified atom stereocenters.